The summed E-state index contributed by atoms with van der Waals surface area (Å²) in [4.78, 5) is 24.9. The van der Waals surface area contributed by atoms with E-state index in [-0.39, 0.29) is 12.5 Å². The minimum atomic E-state index is -0.436. The molecule has 1 N–H and O–H groups in total. The van der Waals surface area contributed by atoms with Gasteiger partial charge in [0.15, 0.2) is 6.61 Å². The Balaban J connectivity index is 1.76. The van der Waals surface area contributed by atoms with Gasteiger partial charge in [-0.1, -0.05) is 38.3 Å². The van der Waals surface area contributed by atoms with E-state index in [4.69, 9.17) is 4.74 Å². The Kier molecular flexibility index (Phi) is 7.46. The van der Waals surface area contributed by atoms with Crippen LogP contribution in [0.5, 0.6) is 0 Å². The second kappa shape index (κ2) is 9.60. The van der Waals surface area contributed by atoms with Crippen molar-refractivity contribution in [1.82, 2.24) is 5.32 Å². The molecule has 1 aromatic rings. The SMILES string of the molecule is CCSc1ccccc1C(=O)OCC(=O)NCC1CCCCC1. The summed E-state index contributed by atoms with van der Waals surface area (Å²) in [6.45, 7) is 2.51. The Bertz CT molecular complexity index is 527. The molecular weight excluding hydrogens is 310 g/mol. The monoisotopic (exact) mass is 335 g/mol. The molecule has 0 saturated heterocycles. The second-order valence-corrected chi connectivity index (χ2v) is 7.12. The third-order valence-corrected chi connectivity index (χ3v) is 5.01. The molecule has 0 heterocycles. The molecule has 0 aliphatic heterocycles. The quantitative estimate of drug-likeness (QED) is 0.610. The number of hydrogen-bond acceptors (Lipinski definition) is 4. The Morgan fingerprint density at radius 1 is 1.22 bits per heavy atom. The van der Waals surface area contributed by atoms with Crippen LogP contribution in [0.4, 0.5) is 0 Å². The molecule has 5 heteroatoms. The fraction of sp³-hybridized carbons (Fsp3) is 0.556. The van der Waals surface area contributed by atoms with E-state index in [1.807, 2.05) is 19.1 Å². The molecule has 0 unspecified atom stereocenters. The van der Waals surface area contributed by atoms with Gasteiger partial charge in [0.2, 0.25) is 0 Å². The Morgan fingerprint density at radius 3 is 2.70 bits per heavy atom. The summed E-state index contributed by atoms with van der Waals surface area (Å²) in [5.74, 6) is 0.801. The molecule has 1 aliphatic rings. The maximum atomic E-state index is 12.1. The van der Waals surface area contributed by atoms with Gasteiger partial charge >= 0.3 is 5.97 Å². The van der Waals surface area contributed by atoms with Crippen LogP contribution in [0.1, 0.15) is 49.4 Å². The van der Waals surface area contributed by atoms with Crippen LogP contribution in [0.25, 0.3) is 0 Å². The number of ether oxygens (including phenoxy) is 1. The number of thioether (sulfide) groups is 1. The van der Waals surface area contributed by atoms with Crippen LogP contribution < -0.4 is 5.32 Å². The third kappa shape index (κ3) is 5.90. The van der Waals surface area contributed by atoms with E-state index >= 15 is 0 Å². The minimum Gasteiger partial charge on any atom is -0.452 e. The summed E-state index contributed by atoms with van der Waals surface area (Å²) in [5, 5.41) is 2.88. The standard InChI is InChI=1S/C18H25NO3S/c1-2-23-16-11-7-6-10-15(16)18(21)22-13-17(20)19-12-14-8-4-3-5-9-14/h6-7,10-11,14H,2-5,8-9,12-13H2,1H3,(H,19,20). The van der Waals surface area contributed by atoms with Crippen molar-refractivity contribution < 1.29 is 14.3 Å². The first-order valence-corrected chi connectivity index (χ1v) is 9.35. The lowest BCUT2D eigenvalue weighted by Gasteiger charge is -2.21. The van der Waals surface area contributed by atoms with Crippen molar-refractivity contribution in [3.05, 3.63) is 29.8 Å². The average Bonchev–Trinajstić information content (AvgIpc) is 2.59. The van der Waals surface area contributed by atoms with E-state index in [0.717, 1.165) is 10.6 Å². The van der Waals surface area contributed by atoms with Crippen LogP contribution >= 0.6 is 11.8 Å². The van der Waals surface area contributed by atoms with E-state index in [1.54, 1.807) is 23.9 Å². The molecule has 1 aliphatic carbocycles. The fourth-order valence-corrected chi connectivity index (χ4v) is 3.62. The van der Waals surface area contributed by atoms with Crippen LogP contribution in [0, 0.1) is 5.92 Å². The van der Waals surface area contributed by atoms with Gasteiger partial charge in [0.25, 0.3) is 5.91 Å². The van der Waals surface area contributed by atoms with E-state index in [2.05, 4.69) is 5.32 Å². The lowest BCUT2D eigenvalue weighted by Crippen LogP contribution is -2.33. The molecule has 0 spiro atoms. The molecular formula is C18H25NO3S. The van der Waals surface area contributed by atoms with Gasteiger partial charge in [-0.2, -0.15) is 0 Å². The number of benzene rings is 1. The number of hydrogen-bond donors (Lipinski definition) is 1. The highest BCUT2D eigenvalue weighted by molar-refractivity contribution is 7.99. The molecule has 0 atom stereocenters. The number of carbonyl (C=O) groups is 2. The van der Waals surface area contributed by atoms with Gasteiger partial charge in [-0.3, -0.25) is 4.79 Å². The van der Waals surface area contributed by atoms with Crippen molar-refractivity contribution in [2.24, 2.45) is 5.92 Å². The topological polar surface area (TPSA) is 55.4 Å². The Hall–Kier alpha value is -1.49. The van der Waals surface area contributed by atoms with Crippen molar-refractivity contribution in [3.63, 3.8) is 0 Å². The molecule has 126 valence electrons. The molecule has 1 aromatic carbocycles. The predicted octanol–water partition coefficient (Wildman–Crippen LogP) is 3.65. The highest BCUT2D eigenvalue weighted by Crippen LogP contribution is 2.23. The summed E-state index contributed by atoms with van der Waals surface area (Å²) in [6.07, 6.45) is 6.17. The van der Waals surface area contributed by atoms with Crippen molar-refractivity contribution in [2.75, 3.05) is 18.9 Å². The normalized spacial score (nSPS) is 15.2. The van der Waals surface area contributed by atoms with Gasteiger partial charge in [0, 0.05) is 11.4 Å². The Morgan fingerprint density at radius 2 is 1.96 bits per heavy atom. The number of carbonyl (C=O) groups excluding carboxylic acids is 2. The number of esters is 1. The van der Waals surface area contributed by atoms with Gasteiger partial charge in [0.1, 0.15) is 0 Å². The first-order valence-electron chi connectivity index (χ1n) is 8.36. The van der Waals surface area contributed by atoms with Crippen molar-refractivity contribution >= 4 is 23.6 Å². The third-order valence-electron chi connectivity index (χ3n) is 4.05. The summed E-state index contributed by atoms with van der Waals surface area (Å²) in [5.41, 5.74) is 0.527. The molecule has 2 rings (SSSR count). The first kappa shape index (κ1) is 17.9. The fourth-order valence-electron chi connectivity index (χ4n) is 2.83. The summed E-state index contributed by atoms with van der Waals surface area (Å²) in [6, 6.07) is 7.33. The average molecular weight is 335 g/mol. The number of amides is 1. The molecule has 0 bridgehead atoms. The first-order chi connectivity index (χ1) is 11.2. The van der Waals surface area contributed by atoms with Gasteiger partial charge in [-0.25, -0.2) is 4.79 Å². The Labute approximate surface area is 142 Å². The van der Waals surface area contributed by atoms with Crippen molar-refractivity contribution in [3.8, 4) is 0 Å². The zero-order valence-electron chi connectivity index (χ0n) is 13.7. The van der Waals surface area contributed by atoms with Crippen molar-refractivity contribution in [1.29, 1.82) is 0 Å². The summed E-state index contributed by atoms with van der Waals surface area (Å²) < 4.78 is 5.15. The van der Waals surface area contributed by atoms with Gasteiger partial charge < -0.3 is 10.1 Å². The molecule has 1 amide bonds. The zero-order chi connectivity index (χ0) is 16.5. The lowest BCUT2D eigenvalue weighted by molar-refractivity contribution is -0.124. The van der Waals surface area contributed by atoms with Crippen LogP contribution in [0.2, 0.25) is 0 Å². The van der Waals surface area contributed by atoms with Gasteiger partial charge in [-0.05, 0) is 36.6 Å². The van der Waals surface area contributed by atoms with E-state index in [1.165, 1.54) is 32.1 Å². The van der Waals surface area contributed by atoms with Crippen molar-refractivity contribution in [2.45, 2.75) is 43.9 Å². The van der Waals surface area contributed by atoms with E-state index in [9.17, 15) is 9.59 Å². The molecule has 4 nitrogen and oxygen atoms in total. The number of nitrogens with one attached hydrogen (secondary N) is 1. The molecule has 0 aromatic heterocycles. The molecule has 1 saturated carbocycles. The molecule has 1 fully saturated rings. The van der Waals surface area contributed by atoms with Crippen LogP contribution in [-0.2, 0) is 9.53 Å². The van der Waals surface area contributed by atoms with Crippen LogP contribution in [0.15, 0.2) is 29.2 Å². The maximum Gasteiger partial charge on any atom is 0.339 e. The molecule has 0 radical (unpaired) electrons. The lowest BCUT2D eigenvalue weighted by atomic mass is 9.89. The molecule has 23 heavy (non-hydrogen) atoms. The van der Waals surface area contributed by atoms with Crippen LogP contribution in [-0.4, -0.2) is 30.8 Å². The van der Waals surface area contributed by atoms with E-state index < -0.39 is 5.97 Å². The number of rotatable bonds is 7. The maximum absolute atomic E-state index is 12.1. The van der Waals surface area contributed by atoms with E-state index in [0.29, 0.717) is 18.0 Å². The highest BCUT2D eigenvalue weighted by Gasteiger charge is 2.16. The van der Waals surface area contributed by atoms with Gasteiger partial charge in [0.05, 0.1) is 5.56 Å². The second-order valence-electron chi connectivity index (χ2n) is 5.81. The van der Waals surface area contributed by atoms with Crippen LogP contribution in [0.3, 0.4) is 0 Å². The smallest absolute Gasteiger partial charge is 0.339 e. The summed E-state index contributed by atoms with van der Waals surface area (Å²) >= 11 is 1.59. The predicted molar refractivity (Wildman–Crippen MR) is 92.7 cm³/mol. The minimum absolute atomic E-state index is 0.212. The summed E-state index contributed by atoms with van der Waals surface area (Å²) in [7, 11) is 0. The zero-order valence-corrected chi connectivity index (χ0v) is 14.5. The largest absolute Gasteiger partial charge is 0.452 e. The highest BCUT2D eigenvalue weighted by atomic mass is 32.2. The van der Waals surface area contributed by atoms with Gasteiger partial charge in [-0.15, -0.1) is 11.8 Å².